The number of amides is 2. The number of aromatic carboxylic acids is 1. The molecule has 1 aliphatic rings. The predicted molar refractivity (Wildman–Crippen MR) is 124 cm³/mol. The third kappa shape index (κ3) is 4.61. The van der Waals surface area contributed by atoms with Gasteiger partial charge in [-0.1, -0.05) is 55.5 Å². The molecule has 174 valence electrons. The van der Waals surface area contributed by atoms with E-state index in [1.807, 2.05) is 48.5 Å². The molecule has 7 nitrogen and oxygen atoms in total. The van der Waals surface area contributed by atoms with Crippen molar-refractivity contribution in [3.8, 4) is 11.1 Å². The minimum Gasteiger partial charge on any atom is -0.478 e. The highest BCUT2D eigenvalue weighted by Gasteiger charge is 2.29. The highest BCUT2D eigenvalue weighted by molar-refractivity contribution is 5.98. The molecule has 2 amide bonds. The lowest BCUT2D eigenvalue weighted by Gasteiger charge is -2.19. The standard InChI is InChI=1S/C26H23FN2O5/c1-2-22(24(30)28-23-13-15(25(31)32)11-12-21(23)27)29-26(33)34-14-20-18-9-5-3-7-16(18)17-8-4-6-10-19(17)20/h3-13,20,22H,2,14H2,1H3,(H,28,30)(H,29,33)(H,31,32). The molecule has 8 heteroatoms. The fraction of sp³-hybridized carbons (Fsp3) is 0.192. The van der Waals surface area contributed by atoms with Gasteiger partial charge < -0.3 is 20.5 Å². The number of halogens is 1. The van der Waals surface area contributed by atoms with Gasteiger partial charge in [-0.15, -0.1) is 0 Å². The van der Waals surface area contributed by atoms with Crippen LogP contribution in [0.5, 0.6) is 0 Å². The van der Waals surface area contributed by atoms with Gasteiger partial charge in [-0.25, -0.2) is 14.0 Å². The summed E-state index contributed by atoms with van der Waals surface area (Å²) in [6.45, 7) is 1.77. The highest BCUT2D eigenvalue weighted by Crippen LogP contribution is 2.44. The average Bonchev–Trinajstić information content (AvgIpc) is 3.16. The molecule has 3 N–H and O–H groups in total. The number of anilines is 1. The van der Waals surface area contributed by atoms with Crippen LogP contribution in [-0.2, 0) is 9.53 Å². The maximum Gasteiger partial charge on any atom is 0.407 e. The smallest absolute Gasteiger partial charge is 0.407 e. The van der Waals surface area contributed by atoms with E-state index < -0.39 is 29.8 Å². The number of ether oxygens (including phenoxy) is 1. The van der Waals surface area contributed by atoms with Gasteiger partial charge in [0.2, 0.25) is 5.91 Å². The Hall–Kier alpha value is -4.20. The highest BCUT2D eigenvalue weighted by atomic mass is 19.1. The van der Waals surface area contributed by atoms with Crippen LogP contribution < -0.4 is 10.6 Å². The van der Waals surface area contributed by atoms with Crippen LogP contribution in [0.3, 0.4) is 0 Å². The van der Waals surface area contributed by atoms with Crippen LogP contribution in [0.15, 0.2) is 66.7 Å². The second-order valence-corrected chi connectivity index (χ2v) is 7.92. The molecule has 0 spiro atoms. The fourth-order valence-corrected chi connectivity index (χ4v) is 4.11. The van der Waals surface area contributed by atoms with Gasteiger partial charge in [-0.2, -0.15) is 0 Å². The Kier molecular flexibility index (Phi) is 6.58. The number of rotatable bonds is 7. The van der Waals surface area contributed by atoms with Gasteiger partial charge in [-0.3, -0.25) is 4.79 Å². The van der Waals surface area contributed by atoms with E-state index in [0.717, 1.165) is 40.5 Å². The summed E-state index contributed by atoms with van der Waals surface area (Å²) in [6, 6.07) is 18.0. The van der Waals surface area contributed by atoms with Crippen LogP contribution in [0.4, 0.5) is 14.9 Å². The molecule has 0 aromatic heterocycles. The number of alkyl carbamates (subject to hydrolysis) is 1. The summed E-state index contributed by atoms with van der Waals surface area (Å²) in [5.41, 5.74) is 3.88. The largest absolute Gasteiger partial charge is 0.478 e. The van der Waals surface area contributed by atoms with Crippen molar-refractivity contribution < 1.29 is 28.6 Å². The molecule has 0 fully saturated rings. The Bertz CT molecular complexity index is 1210. The number of fused-ring (bicyclic) bond motifs is 3. The zero-order valence-electron chi connectivity index (χ0n) is 18.4. The zero-order valence-corrected chi connectivity index (χ0v) is 18.4. The lowest BCUT2D eigenvalue weighted by atomic mass is 9.98. The molecule has 3 aromatic rings. The molecule has 0 aliphatic heterocycles. The second-order valence-electron chi connectivity index (χ2n) is 7.92. The Balaban J connectivity index is 1.40. The van der Waals surface area contributed by atoms with Crippen molar-refractivity contribution in [3.05, 3.63) is 89.2 Å². The van der Waals surface area contributed by atoms with E-state index >= 15 is 0 Å². The van der Waals surface area contributed by atoms with Crippen LogP contribution >= 0.6 is 0 Å². The number of nitrogens with one attached hydrogen (secondary N) is 2. The molecule has 1 atom stereocenters. The lowest BCUT2D eigenvalue weighted by Crippen LogP contribution is -2.44. The van der Waals surface area contributed by atoms with Gasteiger partial charge in [0.15, 0.2) is 0 Å². The molecule has 1 aliphatic carbocycles. The number of carbonyl (C=O) groups is 3. The molecule has 0 heterocycles. The van der Waals surface area contributed by atoms with Crippen molar-refractivity contribution in [2.75, 3.05) is 11.9 Å². The molecule has 1 unspecified atom stereocenters. The number of hydrogen-bond acceptors (Lipinski definition) is 4. The first-order valence-electron chi connectivity index (χ1n) is 10.8. The summed E-state index contributed by atoms with van der Waals surface area (Å²) in [5, 5.41) is 13.9. The molecule has 34 heavy (non-hydrogen) atoms. The Morgan fingerprint density at radius 2 is 1.62 bits per heavy atom. The van der Waals surface area contributed by atoms with Gasteiger partial charge >= 0.3 is 12.1 Å². The molecule has 0 saturated carbocycles. The average molecular weight is 462 g/mol. The first kappa shape index (κ1) is 23.0. The maximum absolute atomic E-state index is 14.0. The van der Waals surface area contributed by atoms with Crippen molar-refractivity contribution in [3.63, 3.8) is 0 Å². The zero-order chi connectivity index (χ0) is 24.2. The molecule has 0 bridgehead atoms. The third-order valence-electron chi connectivity index (χ3n) is 5.83. The predicted octanol–water partition coefficient (Wildman–Crippen LogP) is 4.78. The molecule has 3 aromatic carbocycles. The van der Waals surface area contributed by atoms with Crippen molar-refractivity contribution in [2.24, 2.45) is 0 Å². The number of carbonyl (C=O) groups excluding carboxylic acids is 2. The van der Waals surface area contributed by atoms with Crippen molar-refractivity contribution in [1.82, 2.24) is 5.32 Å². The van der Waals surface area contributed by atoms with E-state index in [-0.39, 0.29) is 30.2 Å². The summed E-state index contributed by atoms with van der Waals surface area (Å²) in [7, 11) is 0. The van der Waals surface area contributed by atoms with Crippen molar-refractivity contribution in [2.45, 2.75) is 25.3 Å². The summed E-state index contributed by atoms with van der Waals surface area (Å²) >= 11 is 0. The van der Waals surface area contributed by atoms with E-state index in [1.54, 1.807) is 6.92 Å². The van der Waals surface area contributed by atoms with E-state index in [4.69, 9.17) is 9.84 Å². The quantitative estimate of drug-likeness (QED) is 0.469. The van der Waals surface area contributed by atoms with Crippen molar-refractivity contribution >= 4 is 23.7 Å². The number of benzene rings is 3. The summed E-state index contributed by atoms with van der Waals surface area (Å²) in [5.74, 6) is -2.84. The minimum absolute atomic E-state index is 0.0905. The first-order chi connectivity index (χ1) is 16.4. The number of carboxylic acids is 1. The minimum atomic E-state index is -1.25. The van der Waals surface area contributed by atoms with E-state index in [0.29, 0.717) is 0 Å². The van der Waals surface area contributed by atoms with E-state index in [9.17, 15) is 18.8 Å². The number of carboxylic acid groups (broad SMARTS) is 1. The summed E-state index contributed by atoms with van der Waals surface area (Å²) < 4.78 is 19.5. The maximum atomic E-state index is 14.0. The third-order valence-corrected chi connectivity index (χ3v) is 5.83. The molecular weight excluding hydrogens is 439 g/mol. The van der Waals surface area contributed by atoms with Crippen LogP contribution in [0.25, 0.3) is 11.1 Å². The Morgan fingerprint density at radius 3 is 2.21 bits per heavy atom. The van der Waals surface area contributed by atoms with E-state index in [2.05, 4.69) is 10.6 Å². The lowest BCUT2D eigenvalue weighted by molar-refractivity contribution is -0.118. The molecular formula is C26H23FN2O5. The van der Waals surface area contributed by atoms with Crippen molar-refractivity contribution in [1.29, 1.82) is 0 Å². The number of hydrogen-bond donors (Lipinski definition) is 3. The van der Waals surface area contributed by atoms with Crippen LogP contribution in [-0.4, -0.2) is 35.7 Å². The van der Waals surface area contributed by atoms with Gasteiger partial charge in [0.05, 0.1) is 11.3 Å². The van der Waals surface area contributed by atoms with Gasteiger partial charge in [0.1, 0.15) is 18.5 Å². The van der Waals surface area contributed by atoms with E-state index in [1.165, 1.54) is 0 Å². The van der Waals surface area contributed by atoms with Crippen LogP contribution in [0, 0.1) is 5.82 Å². The molecule has 4 rings (SSSR count). The van der Waals surface area contributed by atoms with Gasteiger partial charge in [0, 0.05) is 5.92 Å². The first-order valence-corrected chi connectivity index (χ1v) is 10.8. The Labute approximate surface area is 195 Å². The summed E-state index contributed by atoms with van der Waals surface area (Å²) in [6.07, 6.45) is -0.556. The SMILES string of the molecule is CCC(NC(=O)OCC1c2ccccc2-c2ccccc21)C(=O)Nc1cc(C(=O)O)ccc1F. The molecule has 0 saturated heterocycles. The van der Waals surface area contributed by atoms with Gasteiger partial charge in [-0.05, 0) is 46.9 Å². The fourth-order valence-electron chi connectivity index (χ4n) is 4.11. The summed E-state index contributed by atoms with van der Waals surface area (Å²) in [4.78, 5) is 36.2. The molecule has 0 radical (unpaired) electrons. The normalized spacial score (nSPS) is 12.9. The van der Waals surface area contributed by atoms with Crippen LogP contribution in [0.2, 0.25) is 0 Å². The van der Waals surface area contributed by atoms with Crippen LogP contribution in [0.1, 0.15) is 40.7 Å². The Morgan fingerprint density at radius 1 is 1.00 bits per heavy atom. The topological polar surface area (TPSA) is 105 Å². The monoisotopic (exact) mass is 462 g/mol. The second kappa shape index (κ2) is 9.74. The van der Waals surface area contributed by atoms with Gasteiger partial charge in [0.25, 0.3) is 0 Å².